The molecule has 0 bridgehead atoms. The number of likely N-dealkylation sites (N-methyl/N-ethyl adjacent to an activating group) is 1. The summed E-state index contributed by atoms with van der Waals surface area (Å²) in [5, 5.41) is 0. The van der Waals surface area contributed by atoms with Gasteiger partial charge in [-0.25, -0.2) is 0 Å². The van der Waals surface area contributed by atoms with Crippen LogP contribution in [0, 0.1) is 5.92 Å². The maximum absolute atomic E-state index is 13.8. The monoisotopic (exact) mass is 522 g/mol. The van der Waals surface area contributed by atoms with Crippen molar-refractivity contribution < 1.29 is 22.8 Å². The van der Waals surface area contributed by atoms with Crippen molar-refractivity contribution in [1.29, 1.82) is 0 Å². The first-order valence-electron chi connectivity index (χ1n) is 13.0. The van der Waals surface area contributed by atoms with E-state index in [4.69, 9.17) is 0 Å². The van der Waals surface area contributed by atoms with Crippen molar-refractivity contribution in [1.82, 2.24) is 9.80 Å². The summed E-state index contributed by atoms with van der Waals surface area (Å²) in [4.78, 5) is 29.8. The Labute approximate surface area is 222 Å². The minimum Gasteiger partial charge on any atom is -0.341 e. The quantitative estimate of drug-likeness (QED) is 0.360. The Balaban J connectivity index is 1.52. The first kappa shape index (κ1) is 27.4. The zero-order valence-corrected chi connectivity index (χ0v) is 21.5. The number of piperidine rings is 1. The Kier molecular flexibility index (Phi) is 8.87. The molecular formula is C31H33F3N2O2. The zero-order valence-electron chi connectivity index (χ0n) is 21.5. The molecule has 4 rings (SSSR count). The maximum atomic E-state index is 13.8. The third-order valence-corrected chi connectivity index (χ3v) is 7.33. The normalized spacial score (nSPS) is 15.3. The average Bonchev–Trinajstić information content (AvgIpc) is 2.93. The predicted molar refractivity (Wildman–Crippen MR) is 141 cm³/mol. The van der Waals surface area contributed by atoms with Crippen LogP contribution in [0.5, 0.6) is 0 Å². The second-order valence-electron chi connectivity index (χ2n) is 10.00. The molecule has 1 saturated heterocycles. The number of amides is 2. The summed E-state index contributed by atoms with van der Waals surface area (Å²) < 4.78 is 41.1. The summed E-state index contributed by atoms with van der Waals surface area (Å²) in [6, 6.07) is 26.3. The van der Waals surface area contributed by atoms with E-state index in [2.05, 4.69) is 12.1 Å². The third kappa shape index (κ3) is 7.03. The molecule has 1 atom stereocenters. The Bertz CT molecular complexity index is 1140. The number of rotatable bonds is 8. The number of nitrogens with zero attached hydrogens (tertiary/aromatic N) is 2. The summed E-state index contributed by atoms with van der Waals surface area (Å²) in [7, 11) is 1.32. The molecule has 0 spiro atoms. The Morgan fingerprint density at radius 2 is 1.32 bits per heavy atom. The number of halogens is 3. The van der Waals surface area contributed by atoms with Crippen LogP contribution in [0.15, 0.2) is 91.0 Å². The lowest BCUT2D eigenvalue weighted by atomic mass is 9.89. The van der Waals surface area contributed by atoms with Crippen LogP contribution in [0.25, 0.3) is 0 Å². The van der Waals surface area contributed by atoms with Crippen molar-refractivity contribution in [2.75, 3.05) is 20.1 Å². The van der Waals surface area contributed by atoms with Crippen LogP contribution in [-0.4, -0.2) is 54.0 Å². The van der Waals surface area contributed by atoms with Crippen LogP contribution in [0.4, 0.5) is 13.2 Å². The SMILES string of the molecule is CN(C(=O)C(c1ccccc1)c1ccccc1)C(CC(F)(F)F)C(=O)N1CCC(Cc2ccccc2)CC1. The van der Waals surface area contributed by atoms with Gasteiger partial charge in [-0.1, -0.05) is 91.0 Å². The van der Waals surface area contributed by atoms with Crippen molar-refractivity contribution >= 4 is 11.8 Å². The van der Waals surface area contributed by atoms with Gasteiger partial charge in [-0.3, -0.25) is 9.59 Å². The first-order chi connectivity index (χ1) is 18.2. The number of benzene rings is 3. The third-order valence-electron chi connectivity index (χ3n) is 7.33. The molecule has 1 aliphatic heterocycles. The molecule has 0 radical (unpaired) electrons. The van der Waals surface area contributed by atoms with E-state index in [-0.39, 0.29) is 0 Å². The van der Waals surface area contributed by atoms with Crippen LogP contribution in [-0.2, 0) is 16.0 Å². The topological polar surface area (TPSA) is 40.6 Å². The highest BCUT2D eigenvalue weighted by molar-refractivity contribution is 5.92. The van der Waals surface area contributed by atoms with E-state index in [1.165, 1.54) is 17.5 Å². The molecule has 1 aliphatic rings. The molecular weight excluding hydrogens is 489 g/mol. The highest BCUT2D eigenvalue weighted by Gasteiger charge is 2.42. The Hall–Kier alpha value is -3.61. The second kappa shape index (κ2) is 12.3. The zero-order chi connectivity index (χ0) is 27.1. The van der Waals surface area contributed by atoms with Crippen molar-refractivity contribution in [3.8, 4) is 0 Å². The minimum atomic E-state index is -4.60. The summed E-state index contributed by atoms with van der Waals surface area (Å²) >= 11 is 0. The van der Waals surface area contributed by atoms with E-state index >= 15 is 0 Å². The van der Waals surface area contributed by atoms with Crippen molar-refractivity contribution in [3.05, 3.63) is 108 Å². The lowest BCUT2D eigenvalue weighted by molar-refractivity contribution is -0.166. The Morgan fingerprint density at radius 1 is 0.842 bits per heavy atom. The summed E-state index contributed by atoms with van der Waals surface area (Å²) in [5.74, 6) is -1.63. The van der Waals surface area contributed by atoms with Crippen LogP contribution in [0.3, 0.4) is 0 Å². The van der Waals surface area contributed by atoms with Gasteiger partial charge >= 0.3 is 6.18 Å². The largest absolute Gasteiger partial charge is 0.391 e. The summed E-state index contributed by atoms with van der Waals surface area (Å²) in [6.45, 7) is 0.765. The van der Waals surface area contributed by atoms with Gasteiger partial charge in [0.1, 0.15) is 6.04 Å². The van der Waals surface area contributed by atoms with Gasteiger partial charge in [-0.05, 0) is 41.9 Å². The smallest absolute Gasteiger partial charge is 0.341 e. The highest BCUT2D eigenvalue weighted by atomic mass is 19.4. The molecule has 0 aromatic heterocycles. The van der Waals surface area contributed by atoms with Gasteiger partial charge in [-0.2, -0.15) is 13.2 Å². The fourth-order valence-corrected chi connectivity index (χ4v) is 5.25. The number of carbonyl (C=O) groups is 2. The van der Waals surface area contributed by atoms with E-state index in [1.54, 1.807) is 48.5 Å². The lowest BCUT2D eigenvalue weighted by Gasteiger charge is -2.38. The molecule has 0 N–H and O–H groups in total. The fourth-order valence-electron chi connectivity index (χ4n) is 5.25. The van der Waals surface area contributed by atoms with E-state index in [0.717, 1.165) is 11.3 Å². The maximum Gasteiger partial charge on any atom is 0.391 e. The fraction of sp³-hybridized carbons (Fsp3) is 0.355. The lowest BCUT2D eigenvalue weighted by Crippen LogP contribution is -2.53. The number of likely N-dealkylation sites (tertiary alicyclic amines) is 1. The molecule has 38 heavy (non-hydrogen) atoms. The van der Waals surface area contributed by atoms with Crippen LogP contribution >= 0.6 is 0 Å². The van der Waals surface area contributed by atoms with Gasteiger partial charge < -0.3 is 9.80 Å². The summed E-state index contributed by atoms with van der Waals surface area (Å²) in [5.41, 5.74) is 2.54. The number of carbonyl (C=O) groups excluding carboxylic acids is 2. The van der Waals surface area contributed by atoms with Crippen LogP contribution < -0.4 is 0 Å². The molecule has 200 valence electrons. The van der Waals surface area contributed by atoms with Crippen LogP contribution in [0.1, 0.15) is 41.9 Å². The molecule has 0 aliphatic carbocycles. The Morgan fingerprint density at radius 3 is 1.79 bits per heavy atom. The van der Waals surface area contributed by atoms with Gasteiger partial charge in [0.15, 0.2) is 0 Å². The molecule has 1 heterocycles. The highest BCUT2D eigenvalue weighted by Crippen LogP contribution is 2.31. The molecule has 3 aromatic carbocycles. The average molecular weight is 523 g/mol. The molecule has 7 heteroatoms. The van der Waals surface area contributed by atoms with Gasteiger partial charge in [0.2, 0.25) is 11.8 Å². The van der Waals surface area contributed by atoms with Gasteiger partial charge in [-0.15, -0.1) is 0 Å². The summed E-state index contributed by atoms with van der Waals surface area (Å²) in [6.07, 6.45) is -3.67. The van der Waals surface area contributed by atoms with Crippen molar-refractivity contribution in [2.45, 2.75) is 43.8 Å². The van der Waals surface area contributed by atoms with Gasteiger partial charge in [0.05, 0.1) is 12.3 Å². The van der Waals surface area contributed by atoms with E-state index in [0.29, 0.717) is 43.0 Å². The minimum absolute atomic E-state index is 0.363. The molecule has 1 fully saturated rings. The molecule has 2 amide bonds. The molecule has 3 aromatic rings. The number of hydrogen-bond acceptors (Lipinski definition) is 2. The van der Waals surface area contributed by atoms with Crippen molar-refractivity contribution in [3.63, 3.8) is 0 Å². The number of alkyl halides is 3. The standard InChI is InChI=1S/C31H33F3N2O2/c1-35(30(38)28(25-13-7-3-8-14-25)26-15-9-4-10-16-26)27(22-31(32,33)34)29(37)36-19-17-24(18-20-36)21-23-11-5-2-6-12-23/h2-16,24,27-28H,17-22H2,1H3. The van der Waals surface area contributed by atoms with Gasteiger partial charge in [0.25, 0.3) is 0 Å². The van der Waals surface area contributed by atoms with E-state index < -0.39 is 36.4 Å². The van der Waals surface area contributed by atoms with E-state index in [1.807, 2.05) is 30.3 Å². The van der Waals surface area contributed by atoms with Crippen LogP contribution in [0.2, 0.25) is 0 Å². The van der Waals surface area contributed by atoms with E-state index in [9.17, 15) is 22.8 Å². The van der Waals surface area contributed by atoms with Crippen molar-refractivity contribution in [2.24, 2.45) is 5.92 Å². The molecule has 1 unspecified atom stereocenters. The molecule has 4 nitrogen and oxygen atoms in total. The molecule has 0 saturated carbocycles. The van der Waals surface area contributed by atoms with Gasteiger partial charge in [0, 0.05) is 20.1 Å². The first-order valence-corrected chi connectivity index (χ1v) is 13.0. The second-order valence-corrected chi connectivity index (χ2v) is 10.00. The number of hydrogen-bond donors (Lipinski definition) is 0. The predicted octanol–water partition coefficient (Wildman–Crippen LogP) is 6.08.